The van der Waals surface area contributed by atoms with Crippen LogP contribution >= 0.6 is 0 Å². The minimum atomic E-state index is 0.286. The molecule has 0 aliphatic heterocycles. The first kappa shape index (κ1) is 17.1. The summed E-state index contributed by atoms with van der Waals surface area (Å²) in [4.78, 5) is 8.81. The van der Waals surface area contributed by atoms with E-state index in [0.29, 0.717) is 12.6 Å². The third-order valence-electron chi connectivity index (χ3n) is 4.27. The largest absolute Gasteiger partial charge is 0.496 e. The van der Waals surface area contributed by atoms with Crippen molar-refractivity contribution in [3.63, 3.8) is 0 Å². The van der Waals surface area contributed by atoms with Gasteiger partial charge in [-0.15, -0.1) is 0 Å². The van der Waals surface area contributed by atoms with Crippen LogP contribution in [0.3, 0.4) is 0 Å². The lowest BCUT2D eigenvalue weighted by atomic mass is 10.2. The van der Waals surface area contributed by atoms with Crippen molar-refractivity contribution in [2.75, 3.05) is 18.2 Å². The van der Waals surface area contributed by atoms with Crippen LogP contribution in [0.15, 0.2) is 36.5 Å². The Labute approximate surface area is 148 Å². The highest BCUT2D eigenvalue weighted by molar-refractivity contribution is 5.87. The summed E-state index contributed by atoms with van der Waals surface area (Å²) in [7, 11) is 1.69. The van der Waals surface area contributed by atoms with Crippen molar-refractivity contribution in [2.24, 2.45) is 0 Å². The molecule has 1 unspecified atom stereocenters. The van der Waals surface area contributed by atoms with Crippen molar-refractivity contribution in [2.45, 2.75) is 39.3 Å². The van der Waals surface area contributed by atoms with Crippen molar-refractivity contribution < 1.29 is 4.74 Å². The predicted molar refractivity (Wildman–Crippen MR) is 102 cm³/mol. The average molecular weight is 339 g/mol. The fraction of sp³-hybridized carbons (Fsp3) is 0.368. The lowest BCUT2D eigenvalue weighted by Crippen LogP contribution is -2.17. The van der Waals surface area contributed by atoms with Gasteiger partial charge in [-0.2, -0.15) is 4.98 Å². The Morgan fingerprint density at radius 1 is 1.24 bits per heavy atom. The maximum atomic E-state index is 5.89. The zero-order chi connectivity index (χ0) is 17.8. The van der Waals surface area contributed by atoms with Crippen LogP contribution in [-0.4, -0.2) is 27.7 Å². The molecule has 0 spiro atoms. The molecule has 6 heteroatoms. The third-order valence-corrected chi connectivity index (χ3v) is 4.27. The molecule has 3 rings (SSSR count). The molecule has 1 atom stereocenters. The zero-order valence-corrected chi connectivity index (χ0v) is 15.0. The van der Waals surface area contributed by atoms with Gasteiger partial charge in [0.1, 0.15) is 11.3 Å². The Morgan fingerprint density at radius 2 is 2.04 bits per heavy atom. The molecule has 1 aromatic carbocycles. The van der Waals surface area contributed by atoms with Crippen molar-refractivity contribution in [1.29, 1.82) is 0 Å². The normalized spacial score (nSPS) is 12.3. The van der Waals surface area contributed by atoms with Gasteiger partial charge in [-0.05, 0) is 25.5 Å². The number of hydrogen-bond acceptors (Lipinski definition) is 5. The van der Waals surface area contributed by atoms with Crippen LogP contribution in [-0.2, 0) is 6.54 Å². The number of nitrogens with zero attached hydrogens (tertiary/aromatic N) is 3. The first-order chi connectivity index (χ1) is 12.1. The maximum absolute atomic E-state index is 5.89. The van der Waals surface area contributed by atoms with Gasteiger partial charge < -0.3 is 20.4 Å². The Kier molecular flexibility index (Phi) is 5.07. The number of benzene rings is 1. The molecule has 0 bridgehead atoms. The van der Waals surface area contributed by atoms with Crippen LogP contribution in [0.25, 0.3) is 11.0 Å². The van der Waals surface area contributed by atoms with Crippen molar-refractivity contribution >= 4 is 22.8 Å². The Morgan fingerprint density at radius 3 is 2.80 bits per heavy atom. The van der Waals surface area contributed by atoms with Gasteiger partial charge in [-0.3, -0.25) is 0 Å². The van der Waals surface area contributed by atoms with Gasteiger partial charge in [-0.1, -0.05) is 31.5 Å². The van der Waals surface area contributed by atoms with E-state index in [9.17, 15) is 0 Å². The van der Waals surface area contributed by atoms with Crippen LogP contribution in [0.2, 0.25) is 0 Å². The van der Waals surface area contributed by atoms with Crippen LogP contribution in [0.5, 0.6) is 5.75 Å². The van der Waals surface area contributed by atoms with Crippen molar-refractivity contribution in [3.8, 4) is 5.75 Å². The highest BCUT2D eigenvalue weighted by Crippen LogP contribution is 2.26. The lowest BCUT2D eigenvalue weighted by molar-refractivity contribution is 0.408. The monoisotopic (exact) mass is 339 g/mol. The smallest absolute Gasteiger partial charge is 0.222 e. The Balaban J connectivity index is 2.01. The molecule has 2 heterocycles. The molecule has 0 saturated carbocycles. The van der Waals surface area contributed by atoms with E-state index in [4.69, 9.17) is 10.5 Å². The summed E-state index contributed by atoms with van der Waals surface area (Å²) in [5.74, 6) is 1.94. The van der Waals surface area contributed by atoms with E-state index in [1.807, 2.05) is 30.5 Å². The quantitative estimate of drug-likeness (QED) is 0.687. The molecule has 3 N–H and O–H groups in total. The summed E-state index contributed by atoms with van der Waals surface area (Å²) in [6.07, 6.45) is 4.19. The van der Waals surface area contributed by atoms with Gasteiger partial charge in [0.25, 0.3) is 0 Å². The lowest BCUT2D eigenvalue weighted by Gasteiger charge is -2.16. The van der Waals surface area contributed by atoms with Gasteiger partial charge in [0.2, 0.25) is 5.95 Å². The van der Waals surface area contributed by atoms with E-state index in [1.165, 1.54) is 0 Å². The molecule has 0 amide bonds. The molecule has 0 radical (unpaired) electrons. The second kappa shape index (κ2) is 7.42. The van der Waals surface area contributed by atoms with E-state index in [-0.39, 0.29) is 5.95 Å². The number of nitrogen functional groups attached to an aromatic ring is 1. The molecule has 2 aromatic heterocycles. The third kappa shape index (κ3) is 3.68. The summed E-state index contributed by atoms with van der Waals surface area (Å²) >= 11 is 0. The topological polar surface area (TPSA) is 78.0 Å². The number of anilines is 2. The fourth-order valence-corrected chi connectivity index (χ4v) is 3.11. The predicted octanol–water partition coefficient (Wildman–Crippen LogP) is 3.67. The number of hydrogen-bond donors (Lipinski definition) is 2. The molecule has 3 aromatic rings. The summed E-state index contributed by atoms with van der Waals surface area (Å²) < 4.78 is 7.60. The Hall–Kier alpha value is -2.76. The summed E-state index contributed by atoms with van der Waals surface area (Å²) in [5.41, 5.74) is 8.80. The molecular formula is C19H25N5O. The molecule has 25 heavy (non-hydrogen) atoms. The highest BCUT2D eigenvalue weighted by atomic mass is 16.5. The second-order valence-electron chi connectivity index (χ2n) is 6.25. The van der Waals surface area contributed by atoms with E-state index < -0.39 is 0 Å². The van der Waals surface area contributed by atoms with E-state index in [1.54, 1.807) is 7.11 Å². The number of fused-ring (bicyclic) bond motifs is 1. The van der Waals surface area contributed by atoms with Crippen molar-refractivity contribution in [3.05, 3.63) is 42.1 Å². The van der Waals surface area contributed by atoms with E-state index in [0.717, 1.165) is 41.0 Å². The molecule has 0 aliphatic rings. The number of rotatable bonds is 7. The first-order valence-corrected chi connectivity index (χ1v) is 8.63. The van der Waals surface area contributed by atoms with Crippen LogP contribution < -0.4 is 15.8 Å². The number of nitrogens with two attached hydrogens (primary N) is 1. The minimum Gasteiger partial charge on any atom is -0.496 e. The molecule has 0 aliphatic carbocycles. The number of ether oxygens (including phenoxy) is 1. The molecule has 132 valence electrons. The number of nitrogens with one attached hydrogen (secondary N) is 1. The summed E-state index contributed by atoms with van der Waals surface area (Å²) in [5, 5.41) is 3.48. The minimum absolute atomic E-state index is 0.286. The summed E-state index contributed by atoms with van der Waals surface area (Å²) in [6, 6.07) is 10.3. The van der Waals surface area contributed by atoms with Gasteiger partial charge >= 0.3 is 0 Å². The Bertz CT molecular complexity index is 858. The standard InChI is InChI=1S/C19H25N5O/c1-4-7-13(2)21-18-17-15(22-19(20)23-18)10-11-24(17)12-14-8-5-6-9-16(14)25-3/h5-6,8-11,13H,4,7,12H2,1-3H3,(H3,20,21,22,23). The first-order valence-electron chi connectivity index (χ1n) is 8.63. The fourth-order valence-electron chi connectivity index (χ4n) is 3.11. The van der Waals surface area contributed by atoms with Gasteiger partial charge in [0.15, 0.2) is 5.82 Å². The van der Waals surface area contributed by atoms with Crippen LogP contribution in [0.1, 0.15) is 32.3 Å². The highest BCUT2D eigenvalue weighted by Gasteiger charge is 2.14. The average Bonchev–Trinajstić information content (AvgIpc) is 2.98. The van der Waals surface area contributed by atoms with Crippen LogP contribution in [0, 0.1) is 0 Å². The SMILES string of the molecule is CCCC(C)Nc1nc(N)nc2ccn(Cc3ccccc3OC)c12. The van der Waals surface area contributed by atoms with Gasteiger partial charge in [-0.25, -0.2) is 4.98 Å². The molecule has 0 fully saturated rings. The van der Waals surface area contributed by atoms with E-state index in [2.05, 4.69) is 39.8 Å². The van der Waals surface area contributed by atoms with Crippen LogP contribution in [0.4, 0.5) is 11.8 Å². The summed E-state index contributed by atoms with van der Waals surface area (Å²) in [6.45, 7) is 5.01. The molecular weight excluding hydrogens is 314 g/mol. The molecule has 6 nitrogen and oxygen atoms in total. The number of methoxy groups -OCH3 is 1. The van der Waals surface area contributed by atoms with Gasteiger partial charge in [0.05, 0.1) is 19.2 Å². The number of aromatic nitrogens is 3. The van der Waals surface area contributed by atoms with Crippen molar-refractivity contribution in [1.82, 2.24) is 14.5 Å². The van der Waals surface area contributed by atoms with E-state index >= 15 is 0 Å². The maximum Gasteiger partial charge on any atom is 0.222 e. The molecule has 0 saturated heterocycles. The number of para-hydroxylation sites is 1. The second-order valence-corrected chi connectivity index (χ2v) is 6.25. The zero-order valence-electron chi connectivity index (χ0n) is 15.0. The van der Waals surface area contributed by atoms with Gasteiger partial charge in [0, 0.05) is 17.8 Å².